The van der Waals surface area contributed by atoms with E-state index in [1.165, 1.54) is 0 Å². The van der Waals surface area contributed by atoms with E-state index in [0.717, 1.165) is 17.0 Å². The zero-order valence-corrected chi connectivity index (χ0v) is 15.0. The largest absolute Gasteiger partial charge is 0.497 e. The van der Waals surface area contributed by atoms with Gasteiger partial charge in [-0.1, -0.05) is 23.7 Å². The number of halogens is 1. The van der Waals surface area contributed by atoms with E-state index >= 15 is 0 Å². The van der Waals surface area contributed by atoms with Gasteiger partial charge in [0.1, 0.15) is 5.75 Å². The van der Waals surface area contributed by atoms with E-state index in [1.54, 1.807) is 31.4 Å². The van der Waals surface area contributed by atoms with E-state index in [2.05, 4.69) is 20.8 Å². The SMILES string of the molecule is COc1cccc(Nc2ccc(C(=O)Nc3cc(Cl)ccc3C)nn2)c1. The summed E-state index contributed by atoms with van der Waals surface area (Å²) < 4.78 is 5.18. The molecule has 2 aromatic carbocycles. The minimum Gasteiger partial charge on any atom is -0.497 e. The Balaban J connectivity index is 1.70. The van der Waals surface area contributed by atoms with Crippen molar-refractivity contribution in [1.29, 1.82) is 0 Å². The number of hydrogen-bond acceptors (Lipinski definition) is 5. The van der Waals surface area contributed by atoms with Gasteiger partial charge in [0.2, 0.25) is 0 Å². The molecule has 0 bridgehead atoms. The highest BCUT2D eigenvalue weighted by Crippen LogP contribution is 2.22. The monoisotopic (exact) mass is 368 g/mol. The molecule has 6 nitrogen and oxygen atoms in total. The summed E-state index contributed by atoms with van der Waals surface area (Å²) >= 11 is 5.97. The molecule has 1 heterocycles. The fourth-order valence-electron chi connectivity index (χ4n) is 2.28. The third-order valence-electron chi connectivity index (χ3n) is 3.69. The standard InChI is InChI=1S/C19H17ClN4O2/c1-12-6-7-13(20)10-17(12)22-19(25)16-8-9-18(24-23-16)21-14-4-3-5-15(11-14)26-2/h3-11H,1-2H3,(H,21,24)(H,22,25). The second-order valence-corrected chi connectivity index (χ2v) is 6.01. The Hall–Kier alpha value is -3.12. The van der Waals surface area contributed by atoms with E-state index in [-0.39, 0.29) is 11.6 Å². The van der Waals surface area contributed by atoms with Gasteiger partial charge in [0.25, 0.3) is 5.91 Å². The summed E-state index contributed by atoms with van der Waals surface area (Å²) in [6, 6.07) is 16.0. The molecule has 3 rings (SSSR count). The Kier molecular flexibility index (Phi) is 5.34. The van der Waals surface area contributed by atoms with Crippen molar-refractivity contribution in [2.75, 3.05) is 17.7 Å². The Morgan fingerprint density at radius 3 is 2.65 bits per heavy atom. The first-order valence-electron chi connectivity index (χ1n) is 7.87. The smallest absolute Gasteiger partial charge is 0.276 e. The van der Waals surface area contributed by atoms with Crippen LogP contribution in [0.5, 0.6) is 5.75 Å². The molecular weight excluding hydrogens is 352 g/mol. The number of rotatable bonds is 5. The number of hydrogen-bond donors (Lipinski definition) is 2. The lowest BCUT2D eigenvalue weighted by Crippen LogP contribution is -2.15. The number of nitrogens with one attached hydrogen (secondary N) is 2. The molecule has 0 aliphatic rings. The minimum atomic E-state index is -0.351. The van der Waals surface area contributed by atoms with Crippen LogP contribution in [0.4, 0.5) is 17.2 Å². The topological polar surface area (TPSA) is 76.1 Å². The Labute approximate surface area is 156 Å². The first-order valence-corrected chi connectivity index (χ1v) is 8.25. The molecule has 0 radical (unpaired) electrons. The predicted molar refractivity (Wildman–Crippen MR) is 102 cm³/mol. The fraction of sp³-hybridized carbons (Fsp3) is 0.105. The van der Waals surface area contributed by atoms with Gasteiger partial charge < -0.3 is 15.4 Å². The molecule has 0 spiro atoms. The second-order valence-electron chi connectivity index (χ2n) is 5.57. The average Bonchev–Trinajstić information content (AvgIpc) is 2.65. The zero-order valence-electron chi connectivity index (χ0n) is 14.3. The number of anilines is 3. The molecule has 0 fully saturated rings. The lowest BCUT2D eigenvalue weighted by molar-refractivity contribution is 0.102. The second kappa shape index (κ2) is 7.84. The van der Waals surface area contributed by atoms with Crippen LogP contribution in [-0.4, -0.2) is 23.2 Å². The van der Waals surface area contributed by atoms with Crippen molar-refractivity contribution in [3.63, 3.8) is 0 Å². The van der Waals surface area contributed by atoms with Crippen LogP contribution in [0.3, 0.4) is 0 Å². The number of aromatic nitrogens is 2. The van der Waals surface area contributed by atoms with Crippen molar-refractivity contribution in [3.05, 3.63) is 70.9 Å². The number of ether oxygens (including phenoxy) is 1. The number of nitrogens with zero attached hydrogens (tertiary/aromatic N) is 2. The van der Waals surface area contributed by atoms with Crippen molar-refractivity contribution >= 4 is 34.7 Å². The van der Waals surface area contributed by atoms with Crippen LogP contribution in [0.1, 0.15) is 16.1 Å². The van der Waals surface area contributed by atoms with Crippen LogP contribution < -0.4 is 15.4 Å². The summed E-state index contributed by atoms with van der Waals surface area (Å²) in [6.07, 6.45) is 0. The van der Waals surface area contributed by atoms with Crippen LogP contribution in [0.2, 0.25) is 5.02 Å². The summed E-state index contributed by atoms with van der Waals surface area (Å²) in [6.45, 7) is 1.89. The van der Waals surface area contributed by atoms with Crippen LogP contribution in [-0.2, 0) is 0 Å². The molecule has 26 heavy (non-hydrogen) atoms. The van der Waals surface area contributed by atoms with Crippen molar-refractivity contribution in [3.8, 4) is 5.75 Å². The molecule has 0 saturated carbocycles. The maximum Gasteiger partial charge on any atom is 0.276 e. The van der Waals surface area contributed by atoms with Gasteiger partial charge in [-0.15, -0.1) is 10.2 Å². The third-order valence-corrected chi connectivity index (χ3v) is 3.92. The van der Waals surface area contributed by atoms with E-state index in [9.17, 15) is 4.79 Å². The normalized spacial score (nSPS) is 10.3. The van der Waals surface area contributed by atoms with Gasteiger partial charge in [0.05, 0.1) is 7.11 Å². The van der Waals surface area contributed by atoms with Crippen molar-refractivity contribution < 1.29 is 9.53 Å². The molecule has 7 heteroatoms. The average molecular weight is 369 g/mol. The first kappa shape index (κ1) is 17.7. The maximum absolute atomic E-state index is 12.3. The predicted octanol–water partition coefficient (Wildman–Crippen LogP) is 4.44. The van der Waals surface area contributed by atoms with Crippen LogP contribution in [0.25, 0.3) is 0 Å². The van der Waals surface area contributed by atoms with E-state index in [0.29, 0.717) is 16.5 Å². The minimum absolute atomic E-state index is 0.209. The van der Waals surface area contributed by atoms with Crippen LogP contribution in [0, 0.1) is 6.92 Å². The Morgan fingerprint density at radius 2 is 1.92 bits per heavy atom. The molecule has 0 aliphatic heterocycles. The van der Waals surface area contributed by atoms with Gasteiger partial charge in [-0.05, 0) is 48.9 Å². The zero-order chi connectivity index (χ0) is 18.5. The number of amides is 1. The number of aryl methyl sites for hydroxylation is 1. The van der Waals surface area contributed by atoms with Gasteiger partial charge >= 0.3 is 0 Å². The summed E-state index contributed by atoms with van der Waals surface area (Å²) in [5, 5.41) is 14.5. The number of benzene rings is 2. The molecule has 0 aliphatic carbocycles. The number of carbonyl (C=O) groups excluding carboxylic acids is 1. The van der Waals surface area contributed by atoms with Gasteiger partial charge in [-0.25, -0.2) is 0 Å². The molecule has 0 saturated heterocycles. The van der Waals surface area contributed by atoms with Crippen LogP contribution >= 0.6 is 11.6 Å². The van der Waals surface area contributed by atoms with E-state index in [4.69, 9.17) is 16.3 Å². The number of carbonyl (C=O) groups is 1. The van der Waals surface area contributed by atoms with Crippen molar-refractivity contribution in [2.45, 2.75) is 6.92 Å². The highest BCUT2D eigenvalue weighted by atomic mass is 35.5. The van der Waals surface area contributed by atoms with Gasteiger partial charge in [0, 0.05) is 22.5 Å². The molecule has 2 N–H and O–H groups in total. The summed E-state index contributed by atoms with van der Waals surface area (Å²) in [5.41, 5.74) is 2.57. The van der Waals surface area contributed by atoms with Gasteiger partial charge in [-0.2, -0.15) is 0 Å². The molecular formula is C19H17ClN4O2. The van der Waals surface area contributed by atoms with Gasteiger partial charge in [-0.3, -0.25) is 4.79 Å². The Morgan fingerprint density at radius 1 is 1.08 bits per heavy atom. The third kappa shape index (κ3) is 4.29. The summed E-state index contributed by atoms with van der Waals surface area (Å²) in [7, 11) is 1.61. The lowest BCUT2D eigenvalue weighted by atomic mass is 10.2. The molecule has 0 atom stereocenters. The maximum atomic E-state index is 12.3. The molecule has 0 unspecified atom stereocenters. The Bertz CT molecular complexity index is 929. The summed E-state index contributed by atoms with van der Waals surface area (Å²) in [5.74, 6) is 0.903. The van der Waals surface area contributed by atoms with Crippen LogP contribution in [0.15, 0.2) is 54.6 Å². The lowest BCUT2D eigenvalue weighted by Gasteiger charge is -2.09. The van der Waals surface area contributed by atoms with Crippen molar-refractivity contribution in [2.24, 2.45) is 0 Å². The quantitative estimate of drug-likeness (QED) is 0.696. The highest BCUT2D eigenvalue weighted by Gasteiger charge is 2.11. The number of methoxy groups -OCH3 is 1. The highest BCUT2D eigenvalue weighted by molar-refractivity contribution is 6.31. The molecule has 1 aromatic heterocycles. The van der Waals surface area contributed by atoms with E-state index < -0.39 is 0 Å². The molecule has 132 valence electrons. The van der Waals surface area contributed by atoms with Gasteiger partial charge in [0.15, 0.2) is 11.5 Å². The molecule has 1 amide bonds. The van der Waals surface area contributed by atoms with Crippen molar-refractivity contribution in [1.82, 2.24) is 10.2 Å². The first-order chi connectivity index (χ1) is 12.5. The molecule has 3 aromatic rings. The summed E-state index contributed by atoms with van der Waals surface area (Å²) in [4.78, 5) is 12.3. The van der Waals surface area contributed by atoms with E-state index in [1.807, 2.05) is 37.3 Å². The fourth-order valence-corrected chi connectivity index (χ4v) is 2.46.